The van der Waals surface area contributed by atoms with Gasteiger partial charge in [0.2, 0.25) is 11.7 Å². The Balaban J connectivity index is 2.22. The van der Waals surface area contributed by atoms with Crippen molar-refractivity contribution in [1.29, 1.82) is 0 Å². The van der Waals surface area contributed by atoms with E-state index in [1.165, 1.54) is 25.6 Å². The number of pyridine rings is 1. The molecule has 2 aromatic heterocycles. The van der Waals surface area contributed by atoms with E-state index in [1.54, 1.807) is 12.3 Å². The first-order valence-corrected chi connectivity index (χ1v) is 5.68. The highest BCUT2D eigenvalue weighted by atomic mass is 79.9. The van der Waals surface area contributed by atoms with Crippen molar-refractivity contribution in [2.75, 3.05) is 7.11 Å². The van der Waals surface area contributed by atoms with Crippen molar-refractivity contribution in [3.63, 3.8) is 0 Å². The Morgan fingerprint density at radius 3 is 2.94 bits per heavy atom. The van der Waals surface area contributed by atoms with E-state index in [9.17, 15) is 4.79 Å². The number of hydrogen-bond donors (Lipinski definition) is 0. The van der Waals surface area contributed by atoms with Crippen LogP contribution in [-0.4, -0.2) is 28.0 Å². The molecule has 0 aliphatic heterocycles. The second-order valence-corrected chi connectivity index (χ2v) is 4.07. The quantitative estimate of drug-likeness (QED) is 0.809. The van der Waals surface area contributed by atoms with Crippen LogP contribution in [0.4, 0.5) is 0 Å². The Bertz CT molecular complexity index is 577. The topological polar surface area (TPSA) is 74.2 Å². The zero-order valence-corrected chi connectivity index (χ0v) is 10.9. The van der Waals surface area contributed by atoms with E-state index < -0.39 is 5.97 Å². The third-order valence-corrected chi connectivity index (χ3v) is 2.33. The lowest BCUT2D eigenvalue weighted by Crippen LogP contribution is -2.07. The van der Waals surface area contributed by atoms with Crippen LogP contribution in [0.2, 0.25) is 0 Å². The average Bonchev–Trinajstić information content (AvgIpc) is 2.38. The predicted octanol–water partition coefficient (Wildman–Crippen LogP) is 2.21. The third-order valence-electron chi connectivity index (χ3n) is 1.90. The van der Waals surface area contributed by atoms with Crippen LogP contribution in [-0.2, 0) is 4.74 Å². The molecule has 2 rings (SSSR count). The molecule has 2 heterocycles. The summed E-state index contributed by atoms with van der Waals surface area (Å²) in [6.07, 6.45) is 4.58. The fourth-order valence-electron chi connectivity index (χ4n) is 1.16. The highest BCUT2D eigenvalue weighted by Gasteiger charge is 2.10. The minimum absolute atomic E-state index is 0.0574. The molecule has 2 aromatic rings. The number of halogens is 1. The SMILES string of the molecule is COC(=O)c1nccc(Oc2cncc(Br)c2)n1. The minimum Gasteiger partial charge on any atom is -0.463 e. The number of rotatable bonds is 3. The van der Waals surface area contributed by atoms with Crippen molar-refractivity contribution in [3.05, 3.63) is 41.0 Å². The third kappa shape index (κ3) is 3.01. The standard InChI is InChI=1S/C11H8BrN3O3/c1-17-11(16)10-14-3-2-9(15-10)18-8-4-7(12)5-13-6-8/h2-6H,1H3. The number of ether oxygens (including phenoxy) is 2. The zero-order chi connectivity index (χ0) is 13.0. The fourth-order valence-corrected chi connectivity index (χ4v) is 1.50. The number of nitrogens with zero attached hydrogens (tertiary/aromatic N) is 3. The molecule has 0 bridgehead atoms. The molecule has 0 amide bonds. The number of carbonyl (C=O) groups excluding carboxylic acids is 1. The van der Waals surface area contributed by atoms with Crippen LogP contribution in [0.5, 0.6) is 11.6 Å². The largest absolute Gasteiger partial charge is 0.463 e. The molecule has 92 valence electrons. The van der Waals surface area contributed by atoms with Crippen molar-refractivity contribution >= 4 is 21.9 Å². The molecule has 0 saturated carbocycles. The number of aromatic nitrogens is 3. The molecule has 18 heavy (non-hydrogen) atoms. The number of hydrogen-bond acceptors (Lipinski definition) is 6. The maximum absolute atomic E-state index is 11.2. The van der Waals surface area contributed by atoms with Crippen molar-refractivity contribution in [2.24, 2.45) is 0 Å². The van der Waals surface area contributed by atoms with Gasteiger partial charge in [-0.3, -0.25) is 4.98 Å². The van der Waals surface area contributed by atoms with Gasteiger partial charge in [-0.25, -0.2) is 9.78 Å². The van der Waals surface area contributed by atoms with E-state index in [2.05, 4.69) is 35.6 Å². The Kier molecular flexibility index (Phi) is 3.83. The molecular weight excluding hydrogens is 302 g/mol. The summed E-state index contributed by atoms with van der Waals surface area (Å²) in [4.78, 5) is 22.9. The maximum Gasteiger partial charge on any atom is 0.376 e. The molecule has 0 spiro atoms. The van der Waals surface area contributed by atoms with Gasteiger partial charge in [0.05, 0.1) is 13.3 Å². The normalized spacial score (nSPS) is 9.89. The van der Waals surface area contributed by atoms with Gasteiger partial charge in [0, 0.05) is 22.9 Å². The van der Waals surface area contributed by atoms with Crippen molar-refractivity contribution in [3.8, 4) is 11.6 Å². The lowest BCUT2D eigenvalue weighted by molar-refractivity contribution is 0.0585. The van der Waals surface area contributed by atoms with E-state index >= 15 is 0 Å². The highest BCUT2D eigenvalue weighted by Crippen LogP contribution is 2.21. The molecule has 0 radical (unpaired) electrons. The smallest absolute Gasteiger partial charge is 0.376 e. The second-order valence-electron chi connectivity index (χ2n) is 3.15. The van der Waals surface area contributed by atoms with Crippen LogP contribution in [0, 0.1) is 0 Å². The first-order chi connectivity index (χ1) is 8.69. The number of carbonyl (C=O) groups is 1. The molecule has 0 aliphatic carbocycles. The molecule has 0 aliphatic rings. The molecule has 7 heteroatoms. The van der Waals surface area contributed by atoms with Crippen LogP contribution in [0.3, 0.4) is 0 Å². The van der Waals surface area contributed by atoms with Crippen LogP contribution < -0.4 is 4.74 Å². The summed E-state index contributed by atoms with van der Waals surface area (Å²) in [5.41, 5.74) is 0. The fraction of sp³-hybridized carbons (Fsp3) is 0.0909. The van der Waals surface area contributed by atoms with Crippen LogP contribution >= 0.6 is 15.9 Å². The van der Waals surface area contributed by atoms with E-state index in [4.69, 9.17) is 4.74 Å². The molecular formula is C11H8BrN3O3. The van der Waals surface area contributed by atoms with Crippen molar-refractivity contribution in [2.45, 2.75) is 0 Å². The van der Waals surface area contributed by atoms with Gasteiger partial charge >= 0.3 is 5.97 Å². The second kappa shape index (κ2) is 5.54. The van der Waals surface area contributed by atoms with Crippen LogP contribution in [0.1, 0.15) is 10.6 Å². The van der Waals surface area contributed by atoms with Gasteiger partial charge in [-0.1, -0.05) is 0 Å². The van der Waals surface area contributed by atoms with Crippen molar-refractivity contribution < 1.29 is 14.3 Å². The summed E-state index contributed by atoms with van der Waals surface area (Å²) in [5.74, 6) is 0.0648. The first-order valence-electron chi connectivity index (χ1n) is 4.89. The Hall–Kier alpha value is -2.02. The molecule has 0 unspecified atom stereocenters. The van der Waals surface area contributed by atoms with Gasteiger partial charge in [0.1, 0.15) is 5.75 Å². The van der Waals surface area contributed by atoms with Gasteiger partial charge in [-0.15, -0.1) is 0 Å². The Morgan fingerprint density at radius 2 is 2.22 bits per heavy atom. The molecule has 6 nitrogen and oxygen atoms in total. The zero-order valence-electron chi connectivity index (χ0n) is 9.33. The minimum atomic E-state index is -0.618. The van der Waals surface area contributed by atoms with E-state index in [0.29, 0.717) is 5.75 Å². The van der Waals surface area contributed by atoms with Crippen LogP contribution in [0.25, 0.3) is 0 Å². The van der Waals surface area contributed by atoms with E-state index in [0.717, 1.165) is 4.47 Å². The molecule has 0 atom stereocenters. The Morgan fingerprint density at radius 1 is 1.39 bits per heavy atom. The number of esters is 1. The molecule has 0 saturated heterocycles. The average molecular weight is 310 g/mol. The number of methoxy groups -OCH3 is 1. The summed E-state index contributed by atoms with van der Waals surface area (Å²) in [5, 5.41) is 0. The van der Waals surface area contributed by atoms with Gasteiger partial charge in [0.25, 0.3) is 0 Å². The summed E-state index contributed by atoms with van der Waals surface area (Å²) < 4.78 is 10.7. The first kappa shape index (κ1) is 12.4. The lowest BCUT2D eigenvalue weighted by Gasteiger charge is -2.05. The van der Waals surface area contributed by atoms with E-state index in [-0.39, 0.29) is 11.7 Å². The molecule has 0 N–H and O–H groups in total. The van der Waals surface area contributed by atoms with Crippen molar-refractivity contribution in [1.82, 2.24) is 15.0 Å². The molecule has 0 fully saturated rings. The van der Waals surface area contributed by atoms with Gasteiger partial charge in [0.15, 0.2) is 0 Å². The summed E-state index contributed by atoms with van der Waals surface area (Å²) in [6.45, 7) is 0. The van der Waals surface area contributed by atoms with E-state index in [1.807, 2.05) is 0 Å². The molecule has 0 aromatic carbocycles. The maximum atomic E-state index is 11.2. The summed E-state index contributed by atoms with van der Waals surface area (Å²) >= 11 is 3.28. The Labute approximate surface area is 111 Å². The monoisotopic (exact) mass is 309 g/mol. The summed E-state index contributed by atoms with van der Waals surface area (Å²) in [6, 6.07) is 3.26. The van der Waals surface area contributed by atoms with Gasteiger partial charge in [-0.05, 0) is 22.0 Å². The predicted molar refractivity (Wildman–Crippen MR) is 65.4 cm³/mol. The van der Waals surface area contributed by atoms with Gasteiger partial charge in [-0.2, -0.15) is 4.98 Å². The van der Waals surface area contributed by atoms with Gasteiger partial charge < -0.3 is 9.47 Å². The summed E-state index contributed by atoms with van der Waals surface area (Å²) in [7, 11) is 1.26. The lowest BCUT2D eigenvalue weighted by atomic mass is 10.4. The van der Waals surface area contributed by atoms with Crippen LogP contribution in [0.15, 0.2) is 35.2 Å². The highest BCUT2D eigenvalue weighted by molar-refractivity contribution is 9.10.